The highest BCUT2D eigenvalue weighted by molar-refractivity contribution is 6.78. The first-order valence-electron chi connectivity index (χ1n) is 4.78. The van der Waals surface area contributed by atoms with Gasteiger partial charge < -0.3 is 4.66 Å². The van der Waals surface area contributed by atoms with Crippen molar-refractivity contribution < 1.29 is 0 Å². The van der Waals surface area contributed by atoms with E-state index in [9.17, 15) is 0 Å². The van der Waals surface area contributed by atoms with E-state index in [2.05, 4.69) is 33.9 Å². The highest BCUT2D eigenvalue weighted by Gasteiger charge is 2.25. The summed E-state index contributed by atoms with van der Waals surface area (Å²) in [5, 5.41) is 0. The maximum atomic E-state index is 4.74. The molecule has 1 nitrogen and oxygen atoms in total. The number of rotatable bonds is 5. The molecule has 66 valence electrons. The van der Waals surface area contributed by atoms with Gasteiger partial charge in [0.15, 0.2) is 8.24 Å². The molecule has 0 saturated heterocycles. The molecule has 0 aromatic rings. The lowest BCUT2D eigenvalue weighted by molar-refractivity contribution is 1.14. The number of hydrogen-bond donors (Lipinski definition) is 0. The molecule has 0 bridgehead atoms. The van der Waals surface area contributed by atoms with Gasteiger partial charge in [-0.25, -0.2) is 0 Å². The molecule has 0 radical (unpaired) electrons. The third kappa shape index (κ3) is 3.19. The van der Waals surface area contributed by atoms with Crippen molar-refractivity contribution in [3.8, 4) is 0 Å². The van der Waals surface area contributed by atoms with E-state index in [0.717, 1.165) is 6.42 Å². The lowest BCUT2D eigenvalue weighted by Gasteiger charge is -2.21. The van der Waals surface area contributed by atoms with E-state index in [0.29, 0.717) is 0 Å². The predicted octanol–water partition coefficient (Wildman–Crippen LogP) is 3.47. The fraction of sp³-hybridized carbons (Fsp3) is 0.889. The standard InChI is InChI=1S/C9H21NSi/c1-5-9-10-11(6-2,7-3)8-4/h9H,5-8H2,1-4H3. The molecular formula is C9H21NSi. The van der Waals surface area contributed by atoms with E-state index < -0.39 is 8.24 Å². The minimum atomic E-state index is -1.17. The van der Waals surface area contributed by atoms with E-state index in [1.165, 1.54) is 18.1 Å². The zero-order chi connectivity index (χ0) is 8.74. The first kappa shape index (κ1) is 10.9. The van der Waals surface area contributed by atoms with Gasteiger partial charge in [0.25, 0.3) is 0 Å². The Bertz CT molecular complexity index is 108. The molecule has 0 aliphatic carbocycles. The van der Waals surface area contributed by atoms with Crippen LogP contribution in [0.3, 0.4) is 0 Å². The van der Waals surface area contributed by atoms with Crippen molar-refractivity contribution in [2.24, 2.45) is 4.66 Å². The Morgan fingerprint density at radius 3 is 1.73 bits per heavy atom. The minimum absolute atomic E-state index is 1.09. The van der Waals surface area contributed by atoms with E-state index >= 15 is 0 Å². The van der Waals surface area contributed by atoms with E-state index in [1.807, 2.05) is 0 Å². The third-order valence-electron chi connectivity index (χ3n) is 2.52. The normalized spacial score (nSPS) is 12.7. The van der Waals surface area contributed by atoms with Crippen LogP contribution in [-0.2, 0) is 0 Å². The minimum Gasteiger partial charge on any atom is -0.333 e. The predicted molar refractivity (Wildman–Crippen MR) is 56.0 cm³/mol. The van der Waals surface area contributed by atoms with Gasteiger partial charge in [-0.3, -0.25) is 0 Å². The molecule has 0 atom stereocenters. The average Bonchev–Trinajstić information content (AvgIpc) is 2.08. The summed E-state index contributed by atoms with van der Waals surface area (Å²) in [6.45, 7) is 9.01. The summed E-state index contributed by atoms with van der Waals surface area (Å²) in [5.41, 5.74) is 0. The smallest absolute Gasteiger partial charge is 0.179 e. The van der Waals surface area contributed by atoms with Crippen LogP contribution in [0.2, 0.25) is 18.1 Å². The molecule has 0 aliphatic rings. The molecule has 0 heterocycles. The topological polar surface area (TPSA) is 12.4 Å². The first-order chi connectivity index (χ1) is 5.24. The van der Waals surface area contributed by atoms with Gasteiger partial charge in [-0.1, -0.05) is 27.7 Å². The molecule has 11 heavy (non-hydrogen) atoms. The Morgan fingerprint density at radius 1 is 1.00 bits per heavy atom. The summed E-state index contributed by atoms with van der Waals surface area (Å²) in [5.74, 6) is 0. The molecule has 0 unspecified atom stereocenters. The summed E-state index contributed by atoms with van der Waals surface area (Å²) >= 11 is 0. The van der Waals surface area contributed by atoms with E-state index in [4.69, 9.17) is 4.66 Å². The van der Waals surface area contributed by atoms with Crippen molar-refractivity contribution in [2.45, 2.75) is 52.2 Å². The molecule has 0 saturated carbocycles. The van der Waals surface area contributed by atoms with Crippen LogP contribution in [0, 0.1) is 0 Å². The van der Waals surface area contributed by atoms with Gasteiger partial charge in [0.05, 0.1) is 0 Å². The second-order valence-electron chi connectivity index (χ2n) is 3.00. The highest BCUT2D eigenvalue weighted by atomic mass is 28.3. The van der Waals surface area contributed by atoms with Crippen molar-refractivity contribution in [1.29, 1.82) is 0 Å². The van der Waals surface area contributed by atoms with Crippen LogP contribution in [0.5, 0.6) is 0 Å². The molecule has 0 aromatic carbocycles. The van der Waals surface area contributed by atoms with Crippen LogP contribution in [0.25, 0.3) is 0 Å². The lowest BCUT2D eigenvalue weighted by atomic mass is 10.6. The molecule has 0 rings (SSSR count). The molecule has 0 fully saturated rings. The second kappa shape index (κ2) is 5.53. The monoisotopic (exact) mass is 171 g/mol. The third-order valence-corrected chi connectivity index (χ3v) is 7.20. The summed E-state index contributed by atoms with van der Waals surface area (Å²) in [6, 6.07) is 3.91. The van der Waals surface area contributed by atoms with Crippen LogP contribution >= 0.6 is 0 Å². The van der Waals surface area contributed by atoms with Crippen LogP contribution < -0.4 is 0 Å². The van der Waals surface area contributed by atoms with Crippen molar-refractivity contribution in [1.82, 2.24) is 0 Å². The second-order valence-corrected chi connectivity index (χ2v) is 7.83. The highest BCUT2D eigenvalue weighted by Crippen LogP contribution is 2.20. The summed E-state index contributed by atoms with van der Waals surface area (Å²) in [7, 11) is -1.17. The van der Waals surface area contributed by atoms with Crippen LogP contribution in [0.4, 0.5) is 0 Å². The Labute approximate surface area is 72.0 Å². The SMILES string of the molecule is CCC=N[Si](CC)(CC)CC. The van der Waals surface area contributed by atoms with Gasteiger partial charge in [-0.05, 0) is 30.8 Å². The van der Waals surface area contributed by atoms with Crippen molar-refractivity contribution in [3.05, 3.63) is 0 Å². The van der Waals surface area contributed by atoms with Gasteiger partial charge in [-0.2, -0.15) is 0 Å². The van der Waals surface area contributed by atoms with Gasteiger partial charge in [0.2, 0.25) is 0 Å². The van der Waals surface area contributed by atoms with Crippen molar-refractivity contribution in [2.75, 3.05) is 0 Å². The Balaban J connectivity index is 4.16. The lowest BCUT2D eigenvalue weighted by Crippen LogP contribution is -2.28. The van der Waals surface area contributed by atoms with Gasteiger partial charge in [-0.15, -0.1) is 0 Å². The molecule has 0 aromatic heterocycles. The Kier molecular flexibility index (Phi) is 5.47. The molecule has 0 N–H and O–H groups in total. The Hall–Kier alpha value is -0.113. The van der Waals surface area contributed by atoms with Gasteiger partial charge in [0.1, 0.15) is 0 Å². The molecule has 2 heteroatoms. The summed E-state index contributed by atoms with van der Waals surface area (Å²) < 4.78 is 4.74. The van der Waals surface area contributed by atoms with Crippen LogP contribution in [0.15, 0.2) is 4.66 Å². The van der Waals surface area contributed by atoms with Crippen molar-refractivity contribution >= 4 is 14.5 Å². The van der Waals surface area contributed by atoms with Crippen molar-refractivity contribution in [3.63, 3.8) is 0 Å². The quantitative estimate of drug-likeness (QED) is 0.443. The van der Waals surface area contributed by atoms with Gasteiger partial charge in [0, 0.05) is 0 Å². The zero-order valence-corrected chi connectivity index (χ0v) is 9.35. The summed E-state index contributed by atoms with van der Waals surface area (Å²) in [6.07, 6.45) is 3.21. The van der Waals surface area contributed by atoms with Crippen LogP contribution in [0.1, 0.15) is 34.1 Å². The van der Waals surface area contributed by atoms with E-state index in [-0.39, 0.29) is 0 Å². The summed E-state index contributed by atoms with van der Waals surface area (Å²) in [4.78, 5) is 0. The Morgan fingerprint density at radius 2 is 1.45 bits per heavy atom. The fourth-order valence-electron chi connectivity index (χ4n) is 1.31. The van der Waals surface area contributed by atoms with Crippen LogP contribution in [-0.4, -0.2) is 14.5 Å². The maximum absolute atomic E-state index is 4.74. The average molecular weight is 171 g/mol. The zero-order valence-electron chi connectivity index (χ0n) is 8.35. The van der Waals surface area contributed by atoms with E-state index in [1.54, 1.807) is 0 Å². The molecule has 0 spiro atoms. The number of hydrogen-bond acceptors (Lipinski definition) is 1. The molecule has 0 aliphatic heterocycles. The van der Waals surface area contributed by atoms with Gasteiger partial charge >= 0.3 is 0 Å². The number of nitrogens with zero attached hydrogens (tertiary/aromatic N) is 1. The largest absolute Gasteiger partial charge is 0.333 e. The maximum Gasteiger partial charge on any atom is 0.179 e. The first-order valence-corrected chi connectivity index (χ1v) is 7.35. The molecular weight excluding hydrogens is 150 g/mol. The molecule has 0 amide bonds. The fourth-order valence-corrected chi connectivity index (χ4v) is 3.93.